The molecule has 136 valence electrons. The van der Waals surface area contributed by atoms with Crippen molar-refractivity contribution in [3.05, 3.63) is 35.5 Å². The van der Waals surface area contributed by atoms with Crippen molar-refractivity contribution in [1.82, 2.24) is 9.78 Å². The van der Waals surface area contributed by atoms with Crippen molar-refractivity contribution in [2.45, 2.75) is 6.43 Å². The monoisotopic (exact) mass is 355 g/mol. The van der Waals surface area contributed by atoms with Gasteiger partial charge in [0.15, 0.2) is 11.5 Å². The molecule has 2 rings (SSSR count). The number of aryl methyl sites for hydroxylation is 1. The minimum absolute atomic E-state index is 0.00840. The second kappa shape index (κ2) is 8.32. The Balaban J connectivity index is 2.21. The summed E-state index contributed by atoms with van der Waals surface area (Å²) >= 11 is 0. The van der Waals surface area contributed by atoms with E-state index in [0.29, 0.717) is 22.8 Å². The fraction of sp³-hybridized carbons (Fsp3) is 0.375. The fourth-order valence-corrected chi connectivity index (χ4v) is 2.14. The number of hydrogen-bond acceptors (Lipinski definition) is 6. The standard InChI is InChI=1S/C16H19F2N3O4/c1-21-15(8-11(19-21)16(17)18)25-9-12(20-24-4)10-5-6-13(22-2)14(7-10)23-3/h5-8,16H,9H2,1-4H3. The molecule has 0 N–H and O–H groups in total. The lowest BCUT2D eigenvalue weighted by atomic mass is 10.1. The molecule has 0 unspecified atom stereocenters. The second-order valence-electron chi connectivity index (χ2n) is 4.91. The summed E-state index contributed by atoms with van der Waals surface area (Å²) in [6, 6.07) is 6.38. The predicted molar refractivity (Wildman–Crippen MR) is 86.8 cm³/mol. The van der Waals surface area contributed by atoms with Gasteiger partial charge in [-0.05, 0) is 18.2 Å². The lowest BCUT2D eigenvalue weighted by Gasteiger charge is -2.12. The third-order valence-electron chi connectivity index (χ3n) is 3.35. The highest BCUT2D eigenvalue weighted by molar-refractivity contribution is 6.01. The molecule has 1 aromatic carbocycles. The van der Waals surface area contributed by atoms with E-state index < -0.39 is 6.43 Å². The van der Waals surface area contributed by atoms with E-state index in [2.05, 4.69) is 10.3 Å². The maximum absolute atomic E-state index is 12.7. The number of rotatable bonds is 8. The van der Waals surface area contributed by atoms with Gasteiger partial charge in [-0.2, -0.15) is 5.10 Å². The van der Waals surface area contributed by atoms with E-state index in [1.165, 1.54) is 39.1 Å². The number of ether oxygens (including phenoxy) is 3. The Morgan fingerprint density at radius 3 is 2.44 bits per heavy atom. The highest BCUT2D eigenvalue weighted by atomic mass is 19.3. The van der Waals surface area contributed by atoms with E-state index in [1.807, 2.05) is 0 Å². The first kappa shape index (κ1) is 18.5. The van der Waals surface area contributed by atoms with E-state index in [0.717, 1.165) is 0 Å². The number of alkyl halides is 2. The van der Waals surface area contributed by atoms with Crippen LogP contribution < -0.4 is 14.2 Å². The van der Waals surface area contributed by atoms with Crippen LogP contribution in [0.2, 0.25) is 0 Å². The van der Waals surface area contributed by atoms with Crippen LogP contribution in [0.3, 0.4) is 0 Å². The van der Waals surface area contributed by atoms with Crippen molar-refractivity contribution in [3.8, 4) is 17.4 Å². The Morgan fingerprint density at radius 2 is 1.88 bits per heavy atom. The lowest BCUT2D eigenvalue weighted by molar-refractivity contribution is 0.145. The van der Waals surface area contributed by atoms with Gasteiger partial charge >= 0.3 is 0 Å². The van der Waals surface area contributed by atoms with Crippen LogP contribution in [0.4, 0.5) is 8.78 Å². The van der Waals surface area contributed by atoms with Crippen molar-refractivity contribution in [2.75, 3.05) is 27.9 Å². The van der Waals surface area contributed by atoms with Crippen LogP contribution in [0.5, 0.6) is 17.4 Å². The van der Waals surface area contributed by atoms with Crippen molar-refractivity contribution >= 4 is 5.71 Å². The summed E-state index contributed by atoms with van der Waals surface area (Å²) in [6.07, 6.45) is -2.67. The number of oxime groups is 1. The zero-order valence-corrected chi connectivity index (χ0v) is 14.3. The van der Waals surface area contributed by atoms with E-state index in [1.54, 1.807) is 18.2 Å². The van der Waals surface area contributed by atoms with Gasteiger partial charge in [-0.3, -0.25) is 0 Å². The molecule has 0 saturated carbocycles. The zero-order valence-electron chi connectivity index (χ0n) is 14.3. The van der Waals surface area contributed by atoms with Crippen LogP contribution in [0.15, 0.2) is 29.4 Å². The minimum Gasteiger partial charge on any atom is -0.493 e. The fourth-order valence-electron chi connectivity index (χ4n) is 2.14. The number of aromatic nitrogens is 2. The summed E-state index contributed by atoms with van der Waals surface area (Å²) in [5.41, 5.74) is 0.771. The molecule has 0 aliphatic rings. The molecular weight excluding hydrogens is 336 g/mol. The third-order valence-corrected chi connectivity index (χ3v) is 3.35. The molecular formula is C16H19F2N3O4. The summed E-state index contributed by atoms with van der Waals surface area (Å²) in [4.78, 5) is 4.84. The molecule has 2 aromatic rings. The first-order valence-electron chi connectivity index (χ1n) is 7.27. The highest BCUT2D eigenvalue weighted by Crippen LogP contribution is 2.28. The highest BCUT2D eigenvalue weighted by Gasteiger charge is 2.16. The summed E-state index contributed by atoms with van der Waals surface area (Å²) in [7, 11) is 5.98. The smallest absolute Gasteiger partial charge is 0.282 e. The Bertz CT molecular complexity index is 747. The molecule has 7 nitrogen and oxygen atoms in total. The number of benzene rings is 1. The van der Waals surface area contributed by atoms with Crippen LogP contribution in [-0.2, 0) is 11.9 Å². The van der Waals surface area contributed by atoms with Gasteiger partial charge in [0, 0.05) is 18.7 Å². The molecule has 9 heteroatoms. The van der Waals surface area contributed by atoms with Crippen LogP contribution in [0.25, 0.3) is 0 Å². The largest absolute Gasteiger partial charge is 0.493 e. The predicted octanol–water partition coefficient (Wildman–Crippen LogP) is 2.80. The molecule has 0 atom stereocenters. The van der Waals surface area contributed by atoms with Crippen LogP contribution in [0.1, 0.15) is 17.7 Å². The summed E-state index contributed by atoms with van der Waals surface area (Å²) < 4.78 is 42.6. The van der Waals surface area contributed by atoms with Gasteiger partial charge < -0.3 is 19.0 Å². The number of hydrogen-bond donors (Lipinski definition) is 0. The topological polar surface area (TPSA) is 67.1 Å². The van der Waals surface area contributed by atoms with Crippen molar-refractivity contribution in [3.63, 3.8) is 0 Å². The van der Waals surface area contributed by atoms with Crippen molar-refractivity contribution in [2.24, 2.45) is 12.2 Å². The van der Waals surface area contributed by atoms with E-state index in [9.17, 15) is 8.78 Å². The van der Waals surface area contributed by atoms with Gasteiger partial charge in [-0.25, -0.2) is 13.5 Å². The molecule has 0 radical (unpaired) electrons. The van der Waals surface area contributed by atoms with E-state index in [-0.39, 0.29) is 18.2 Å². The van der Waals surface area contributed by atoms with Gasteiger partial charge in [0.1, 0.15) is 25.1 Å². The summed E-state index contributed by atoms with van der Waals surface area (Å²) in [6.45, 7) is -0.00840. The summed E-state index contributed by atoms with van der Waals surface area (Å²) in [5, 5.41) is 7.62. The van der Waals surface area contributed by atoms with Gasteiger partial charge in [-0.1, -0.05) is 5.16 Å². The SMILES string of the molecule is CON=C(COc1cc(C(F)F)nn1C)c1ccc(OC)c(OC)c1. The molecule has 25 heavy (non-hydrogen) atoms. The Morgan fingerprint density at radius 1 is 1.16 bits per heavy atom. The molecule has 0 fully saturated rings. The molecule has 0 aliphatic heterocycles. The molecule has 0 amide bonds. The van der Waals surface area contributed by atoms with Gasteiger partial charge in [0.05, 0.1) is 14.2 Å². The normalized spacial score (nSPS) is 11.6. The number of methoxy groups -OCH3 is 2. The van der Waals surface area contributed by atoms with Crippen LogP contribution >= 0.6 is 0 Å². The summed E-state index contributed by atoms with van der Waals surface area (Å²) in [5.74, 6) is 1.28. The average Bonchev–Trinajstić information content (AvgIpc) is 2.99. The number of halogens is 2. The van der Waals surface area contributed by atoms with Crippen molar-refractivity contribution < 1.29 is 27.8 Å². The van der Waals surface area contributed by atoms with Crippen LogP contribution in [0, 0.1) is 0 Å². The minimum atomic E-state index is -2.67. The van der Waals surface area contributed by atoms with E-state index in [4.69, 9.17) is 19.0 Å². The Labute approximate surface area is 143 Å². The maximum Gasteiger partial charge on any atom is 0.282 e. The van der Waals surface area contributed by atoms with Gasteiger partial charge in [0.2, 0.25) is 5.88 Å². The second-order valence-corrected chi connectivity index (χ2v) is 4.91. The lowest BCUT2D eigenvalue weighted by Crippen LogP contribution is -2.15. The van der Waals surface area contributed by atoms with Gasteiger partial charge in [0.25, 0.3) is 6.43 Å². The molecule has 1 aromatic heterocycles. The third kappa shape index (κ3) is 4.37. The average molecular weight is 355 g/mol. The van der Waals surface area contributed by atoms with E-state index >= 15 is 0 Å². The van der Waals surface area contributed by atoms with Crippen molar-refractivity contribution in [1.29, 1.82) is 0 Å². The molecule has 0 saturated heterocycles. The molecule has 0 aliphatic carbocycles. The Kier molecular flexibility index (Phi) is 6.15. The first-order chi connectivity index (χ1) is 12.0. The maximum atomic E-state index is 12.7. The van der Waals surface area contributed by atoms with Gasteiger partial charge in [-0.15, -0.1) is 0 Å². The van der Waals surface area contributed by atoms with Crippen LogP contribution in [-0.4, -0.2) is 43.4 Å². The number of nitrogens with zero attached hydrogens (tertiary/aromatic N) is 3. The molecule has 1 heterocycles. The molecule has 0 spiro atoms. The molecule has 0 bridgehead atoms. The first-order valence-corrected chi connectivity index (χ1v) is 7.27. The quantitative estimate of drug-likeness (QED) is 0.538. The zero-order chi connectivity index (χ0) is 18.4. The Hall–Kier alpha value is -2.84.